The molecule has 1 fully saturated rings. The second kappa shape index (κ2) is 10.6. The molecule has 3 aromatic rings. The van der Waals surface area contributed by atoms with Gasteiger partial charge in [-0.1, -0.05) is 6.07 Å². The molecule has 1 aliphatic carbocycles. The van der Waals surface area contributed by atoms with Crippen molar-refractivity contribution < 1.29 is 23.8 Å². The Balaban J connectivity index is 1.75. The molecule has 0 bridgehead atoms. The number of nitrogens with one attached hydrogen (secondary N) is 1. The van der Waals surface area contributed by atoms with E-state index in [9.17, 15) is 19.1 Å². The number of nitrogens with zero attached hydrogens (tertiary/aromatic N) is 1. The smallest absolute Gasteiger partial charge is 0.254 e. The van der Waals surface area contributed by atoms with Crippen molar-refractivity contribution in [2.45, 2.75) is 59.2 Å². The lowest BCUT2D eigenvalue weighted by Crippen LogP contribution is -2.40. The first-order valence-corrected chi connectivity index (χ1v) is 12.8. The largest absolute Gasteiger partial charge is 0.489 e. The number of carbonyl (C=O) groups is 1. The first-order valence-electron chi connectivity index (χ1n) is 12.8. The highest BCUT2D eigenvalue weighted by Gasteiger charge is 2.32. The predicted octanol–water partition coefficient (Wildman–Crippen LogP) is 5.12. The van der Waals surface area contributed by atoms with E-state index in [0.29, 0.717) is 57.5 Å². The molecule has 8 heteroatoms. The molecule has 1 aliphatic rings. The predicted molar refractivity (Wildman–Crippen MR) is 144 cm³/mol. The number of hydrogen-bond acceptors (Lipinski definition) is 5. The van der Waals surface area contributed by atoms with Gasteiger partial charge in [0.1, 0.15) is 23.1 Å². The maximum atomic E-state index is 13.9. The van der Waals surface area contributed by atoms with Gasteiger partial charge in [-0.05, 0) is 87.4 Å². The second-order valence-corrected chi connectivity index (χ2v) is 10.8. The number of aromatic nitrogens is 1. The summed E-state index contributed by atoms with van der Waals surface area (Å²) < 4.78 is 28.1. The van der Waals surface area contributed by atoms with Crippen LogP contribution in [0.5, 0.6) is 17.2 Å². The number of amides is 1. The SMILES string of the molecule is CC(=O)NC[C@H]1C[C@H](Oc2cc(=O)n(C)cc2-c2cc(C(C)(C)O)ccc2Oc2c(C)cc(F)cc2C)C1. The Kier molecular flexibility index (Phi) is 7.65. The van der Waals surface area contributed by atoms with Gasteiger partial charge in [0.2, 0.25) is 5.91 Å². The van der Waals surface area contributed by atoms with Gasteiger partial charge in [-0.25, -0.2) is 4.39 Å². The van der Waals surface area contributed by atoms with Crippen LogP contribution in [0.25, 0.3) is 11.1 Å². The number of aryl methyl sites for hydroxylation is 3. The van der Waals surface area contributed by atoms with Gasteiger partial charge >= 0.3 is 0 Å². The fraction of sp³-hybridized carbons (Fsp3) is 0.400. The highest BCUT2D eigenvalue weighted by atomic mass is 19.1. The fourth-order valence-corrected chi connectivity index (χ4v) is 4.70. The summed E-state index contributed by atoms with van der Waals surface area (Å²) in [6.07, 6.45) is 3.13. The Bertz CT molecular complexity index is 1390. The summed E-state index contributed by atoms with van der Waals surface area (Å²) in [5.74, 6) is 1.36. The zero-order valence-corrected chi connectivity index (χ0v) is 22.7. The van der Waals surface area contributed by atoms with E-state index >= 15 is 0 Å². The van der Waals surface area contributed by atoms with E-state index in [-0.39, 0.29) is 23.4 Å². The van der Waals surface area contributed by atoms with Crippen molar-refractivity contribution >= 4 is 5.91 Å². The summed E-state index contributed by atoms with van der Waals surface area (Å²) >= 11 is 0. The zero-order chi connectivity index (χ0) is 27.8. The standard InChI is InChI=1S/C30H35FN2O5/c1-17-9-22(31)10-18(2)29(17)38-26-8-7-21(30(4,5)36)13-24(26)25-16-33(6)28(35)14-27(25)37-23-11-20(12-23)15-32-19(3)34/h7-10,13-14,16,20,23,36H,11-12,15H2,1-6H3,(H,32,34)/t20-,23-. The fourth-order valence-electron chi connectivity index (χ4n) is 4.70. The van der Waals surface area contributed by atoms with Crippen molar-refractivity contribution in [3.05, 3.63) is 75.5 Å². The molecular weight excluding hydrogens is 487 g/mol. The minimum atomic E-state index is -1.12. The summed E-state index contributed by atoms with van der Waals surface area (Å²) in [5, 5.41) is 13.6. The number of hydrogen-bond donors (Lipinski definition) is 2. The molecule has 2 aromatic carbocycles. The number of aliphatic hydroxyl groups is 1. The van der Waals surface area contributed by atoms with Gasteiger partial charge in [-0.15, -0.1) is 0 Å². The third kappa shape index (κ3) is 6.07. The number of pyridine rings is 1. The van der Waals surface area contributed by atoms with E-state index < -0.39 is 5.60 Å². The van der Waals surface area contributed by atoms with E-state index in [1.165, 1.54) is 29.7 Å². The van der Waals surface area contributed by atoms with Crippen LogP contribution < -0.4 is 20.3 Å². The van der Waals surface area contributed by atoms with Gasteiger partial charge in [0.15, 0.2) is 0 Å². The van der Waals surface area contributed by atoms with E-state index in [2.05, 4.69) is 5.32 Å². The van der Waals surface area contributed by atoms with Gasteiger partial charge in [0.25, 0.3) is 5.56 Å². The summed E-state index contributed by atoms with van der Waals surface area (Å²) in [6.45, 7) is 9.05. The third-order valence-electron chi connectivity index (χ3n) is 6.93. The van der Waals surface area contributed by atoms with E-state index in [0.717, 1.165) is 12.8 Å². The van der Waals surface area contributed by atoms with Crippen LogP contribution in [0, 0.1) is 25.6 Å². The third-order valence-corrected chi connectivity index (χ3v) is 6.93. The minimum Gasteiger partial charge on any atom is -0.489 e. The molecule has 1 heterocycles. The lowest BCUT2D eigenvalue weighted by atomic mass is 9.82. The van der Waals surface area contributed by atoms with Crippen LogP contribution in [0.15, 0.2) is 47.4 Å². The molecular formula is C30H35FN2O5. The lowest BCUT2D eigenvalue weighted by Gasteiger charge is -2.36. The number of ether oxygens (including phenoxy) is 2. The molecule has 202 valence electrons. The van der Waals surface area contributed by atoms with Crippen molar-refractivity contribution in [3.8, 4) is 28.4 Å². The summed E-state index contributed by atoms with van der Waals surface area (Å²) in [7, 11) is 1.66. The number of benzene rings is 2. The van der Waals surface area contributed by atoms with E-state index in [1.807, 2.05) is 6.07 Å². The minimum absolute atomic E-state index is 0.0611. The molecule has 1 amide bonds. The second-order valence-electron chi connectivity index (χ2n) is 10.8. The number of halogens is 1. The van der Waals surface area contributed by atoms with Gasteiger partial charge in [0, 0.05) is 43.9 Å². The van der Waals surface area contributed by atoms with Gasteiger partial charge < -0.3 is 24.5 Å². The highest BCUT2D eigenvalue weighted by molar-refractivity contribution is 5.76. The quantitative estimate of drug-likeness (QED) is 0.429. The maximum Gasteiger partial charge on any atom is 0.254 e. The maximum absolute atomic E-state index is 13.9. The molecule has 1 aromatic heterocycles. The van der Waals surface area contributed by atoms with Crippen LogP contribution in [0.1, 0.15) is 50.3 Å². The average Bonchev–Trinajstić information content (AvgIpc) is 2.79. The Morgan fingerprint density at radius 1 is 1.11 bits per heavy atom. The highest BCUT2D eigenvalue weighted by Crippen LogP contribution is 2.43. The van der Waals surface area contributed by atoms with Crippen molar-refractivity contribution in [1.29, 1.82) is 0 Å². The van der Waals surface area contributed by atoms with Crippen LogP contribution in [0.3, 0.4) is 0 Å². The summed E-state index contributed by atoms with van der Waals surface area (Å²) in [5.41, 5.74) is 1.88. The van der Waals surface area contributed by atoms with E-state index in [4.69, 9.17) is 9.47 Å². The van der Waals surface area contributed by atoms with Crippen LogP contribution in [-0.2, 0) is 17.4 Å². The van der Waals surface area contributed by atoms with Gasteiger partial charge in [0.05, 0.1) is 11.7 Å². The first-order chi connectivity index (χ1) is 17.8. The molecule has 0 radical (unpaired) electrons. The molecule has 0 saturated heterocycles. The van der Waals surface area contributed by atoms with Gasteiger partial charge in [-0.3, -0.25) is 9.59 Å². The summed E-state index contributed by atoms with van der Waals surface area (Å²) in [6, 6.07) is 9.69. The Labute approximate surface area is 222 Å². The Morgan fingerprint density at radius 2 is 1.76 bits per heavy atom. The van der Waals surface area contributed by atoms with Gasteiger partial charge in [-0.2, -0.15) is 0 Å². The molecule has 1 saturated carbocycles. The molecule has 0 atom stereocenters. The van der Waals surface area contributed by atoms with Crippen LogP contribution in [-0.4, -0.2) is 28.2 Å². The van der Waals surface area contributed by atoms with Crippen LogP contribution in [0.4, 0.5) is 4.39 Å². The average molecular weight is 523 g/mol. The monoisotopic (exact) mass is 522 g/mol. The van der Waals surface area contributed by atoms with Crippen molar-refractivity contribution in [2.75, 3.05) is 6.54 Å². The Hall–Kier alpha value is -3.65. The first kappa shape index (κ1) is 27.4. The van der Waals surface area contributed by atoms with Crippen LogP contribution >= 0.6 is 0 Å². The summed E-state index contributed by atoms with van der Waals surface area (Å²) in [4.78, 5) is 23.8. The molecule has 0 spiro atoms. The van der Waals surface area contributed by atoms with Crippen molar-refractivity contribution in [1.82, 2.24) is 9.88 Å². The van der Waals surface area contributed by atoms with E-state index in [1.54, 1.807) is 53.1 Å². The lowest BCUT2D eigenvalue weighted by molar-refractivity contribution is -0.119. The molecule has 38 heavy (non-hydrogen) atoms. The topological polar surface area (TPSA) is 89.8 Å². The molecule has 0 aliphatic heterocycles. The molecule has 7 nitrogen and oxygen atoms in total. The number of rotatable bonds is 8. The van der Waals surface area contributed by atoms with Crippen LogP contribution in [0.2, 0.25) is 0 Å². The number of carbonyl (C=O) groups excluding carboxylic acids is 1. The molecule has 2 N–H and O–H groups in total. The molecule has 4 rings (SSSR count). The molecule has 0 unspecified atom stereocenters. The van der Waals surface area contributed by atoms with Crippen molar-refractivity contribution in [2.24, 2.45) is 13.0 Å². The van der Waals surface area contributed by atoms with Crippen molar-refractivity contribution in [3.63, 3.8) is 0 Å². The normalized spacial score (nSPS) is 17.1. The Morgan fingerprint density at radius 3 is 2.37 bits per heavy atom. The zero-order valence-electron chi connectivity index (χ0n) is 22.7.